The standard InChI is InChI=1S/C13H13BrFNO2S2/c1-2-16(9-11-5-8-13(14)19-11)20(17,18)12-6-3-10(15)4-7-12/h3-8H,2,9H2,1H3. The molecule has 3 nitrogen and oxygen atoms in total. The highest BCUT2D eigenvalue weighted by molar-refractivity contribution is 9.11. The number of rotatable bonds is 5. The van der Waals surface area contributed by atoms with Crippen molar-refractivity contribution >= 4 is 37.3 Å². The molecule has 1 aromatic heterocycles. The van der Waals surface area contributed by atoms with Gasteiger partial charge in [0.05, 0.1) is 8.68 Å². The molecule has 0 spiro atoms. The predicted molar refractivity (Wildman–Crippen MR) is 81.7 cm³/mol. The van der Waals surface area contributed by atoms with Gasteiger partial charge in [0.25, 0.3) is 0 Å². The number of sulfonamides is 1. The van der Waals surface area contributed by atoms with E-state index in [1.54, 1.807) is 6.92 Å². The van der Waals surface area contributed by atoms with Gasteiger partial charge in [-0.15, -0.1) is 11.3 Å². The minimum Gasteiger partial charge on any atom is -0.207 e. The molecule has 0 bridgehead atoms. The van der Waals surface area contributed by atoms with Crippen molar-refractivity contribution in [2.75, 3.05) is 6.54 Å². The Morgan fingerprint density at radius 3 is 2.35 bits per heavy atom. The van der Waals surface area contributed by atoms with E-state index >= 15 is 0 Å². The smallest absolute Gasteiger partial charge is 0.207 e. The van der Waals surface area contributed by atoms with Crippen molar-refractivity contribution in [1.82, 2.24) is 4.31 Å². The Bertz CT molecular complexity index is 683. The quantitative estimate of drug-likeness (QED) is 0.793. The molecule has 0 atom stereocenters. The summed E-state index contributed by atoms with van der Waals surface area (Å²) in [6.45, 7) is 2.45. The van der Waals surface area contributed by atoms with Crippen molar-refractivity contribution in [2.24, 2.45) is 0 Å². The van der Waals surface area contributed by atoms with E-state index in [9.17, 15) is 12.8 Å². The van der Waals surface area contributed by atoms with Gasteiger partial charge in [-0.2, -0.15) is 4.31 Å². The lowest BCUT2D eigenvalue weighted by atomic mass is 10.4. The van der Waals surface area contributed by atoms with Gasteiger partial charge in [-0.1, -0.05) is 6.92 Å². The second kappa shape index (κ2) is 6.34. The summed E-state index contributed by atoms with van der Waals surface area (Å²) in [5.74, 6) is -0.450. The van der Waals surface area contributed by atoms with Gasteiger partial charge >= 0.3 is 0 Å². The van der Waals surface area contributed by atoms with Crippen LogP contribution in [0, 0.1) is 5.82 Å². The molecule has 0 aliphatic heterocycles. The Balaban J connectivity index is 2.27. The Morgan fingerprint density at radius 1 is 1.20 bits per heavy atom. The number of nitrogens with zero attached hydrogens (tertiary/aromatic N) is 1. The fraction of sp³-hybridized carbons (Fsp3) is 0.231. The molecule has 0 radical (unpaired) electrons. The molecule has 1 heterocycles. The summed E-state index contributed by atoms with van der Waals surface area (Å²) in [6.07, 6.45) is 0. The number of halogens is 2. The highest BCUT2D eigenvalue weighted by atomic mass is 79.9. The zero-order valence-electron chi connectivity index (χ0n) is 10.7. The van der Waals surface area contributed by atoms with Crippen LogP contribution in [0.15, 0.2) is 45.1 Å². The maximum Gasteiger partial charge on any atom is 0.243 e. The average molecular weight is 378 g/mol. The van der Waals surface area contributed by atoms with Crippen molar-refractivity contribution in [1.29, 1.82) is 0 Å². The SMILES string of the molecule is CCN(Cc1ccc(Br)s1)S(=O)(=O)c1ccc(F)cc1. The lowest BCUT2D eigenvalue weighted by Crippen LogP contribution is -2.30. The first-order valence-corrected chi connectivity index (χ1v) is 8.98. The van der Waals surface area contributed by atoms with Gasteiger partial charge in [-0.25, -0.2) is 12.8 Å². The first kappa shape index (κ1) is 15.6. The molecule has 0 saturated carbocycles. The summed E-state index contributed by atoms with van der Waals surface area (Å²) in [7, 11) is -3.60. The van der Waals surface area contributed by atoms with E-state index in [0.29, 0.717) is 13.1 Å². The molecular formula is C13H13BrFNO2S2. The molecule has 2 rings (SSSR count). The van der Waals surface area contributed by atoms with Gasteiger partial charge in [0.15, 0.2) is 0 Å². The third kappa shape index (κ3) is 3.46. The fourth-order valence-corrected chi connectivity index (χ4v) is 4.74. The molecule has 7 heteroatoms. The minimum atomic E-state index is -3.60. The van der Waals surface area contributed by atoms with Gasteiger partial charge in [-0.05, 0) is 52.3 Å². The highest BCUT2D eigenvalue weighted by Gasteiger charge is 2.23. The monoisotopic (exact) mass is 377 g/mol. The topological polar surface area (TPSA) is 37.4 Å². The summed E-state index contributed by atoms with van der Waals surface area (Å²) < 4.78 is 40.2. The molecule has 1 aromatic carbocycles. The van der Waals surface area contributed by atoms with Gasteiger partial charge in [0.1, 0.15) is 5.82 Å². The van der Waals surface area contributed by atoms with Crippen LogP contribution >= 0.6 is 27.3 Å². The van der Waals surface area contributed by atoms with Gasteiger partial charge in [-0.3, -0.25) is 0 Å². The van der Waals surface area contributed by atoms with Crippen molar-refractivity contribution in [3.8, 4) is 0 Å². The number of benzene rings is 1. The third-order valence-electron chi connectivity index (χ3n) is 2.77. The molecule has 0 amide bonds. The molecule has 0 aliphatic carbocycles. The zero-order valence-corrected chi connectivity index (χ0v) is 13.9. The Labute approximate surface area is 130 Å². The van der Waals surface area contributed by atoms with Crippen LogP contribution in [0.2, 0.25) is 0 Å². The van der Waals surface area contributed by atoms with E-state index in [1.807, 2.05) is 12.1 Å². The van der Waals surface area contributed by atoms with Gasteiger partial charge < -0.3 is 0 Å². The van der Waals surface area contributed by atoms with Crippen LogP contribution in [0.5, 0.6) is 0 Å². The first-order valence-electron chi connectivity index (χ1n) is 5.93. The largest absolute Gasteiger partial charge is 0.243 e. The molecule has 0 N–H and O–H groups in total. The first-order chi connectivity index (χ1) is 9.43. The van der Waals surface area contributed by atoms with E-state index in [4.69, 9.17) is 0 Å². The van der Waals surface area contributed by atoms with Crippen LogP contribution in [0.25, 0.3) is 0 Å². The molecule has 20 heavy (non-hydrogen) atoms. The fourth-order valence-electron chi connectivity index (χ4n) is 1.73. The normalized spacial score (nSPS) is 12.0. The number of hydrogen-bond acceptors (Lipinski definition) is 3. The Hall–Kier alpha value is -0.760. The van der Waals surface area contributed by atoms with Crippen LogP contribution in [0.3, 0.4) is 0 Å². The highest BCUT2D eigenvalue weighted by Crippen LogP contribution is 2.25. The van der Waals surface area contributed by atoms with E-state index in [2.05, 4.69) is 15.9 Å². The average Bonchev–Trinajstić information content (AvgIpc) is 2.82. The third-order valence-corrected chi connectivity index (χ3v) is 6.31. The van der Waals surface area contributed by atoms with Crippen LogP contribution < -0.4 is 0 Å². The molecule has 2 aromatic rings. The molecular weight excluding hydrogens is 365 g/mol. The van der Waals surface area contributed by atoms with E-state index in [-0.39, 0.29) is 4.90 Å². The summed E-state index contributed by atoms with van der Waals surface area (Å²) in [6, 6.07) is 8.66. The Morgan fingerprint density at radius 2 is 1.85 bits per heavy atom. The number of hydrogen-bond donors (Lipinski definition) is 0. The predicted octanol–water partition coefficient (Wildman–Crippen LogP) is 3.86. The molecule has 0 unspecified atom stereocenters. The second-order valence-electron chi connectivity index (χ2n) is 4.09. The summed E-state index contributed by atoms with van der Waals surface area (Å²) in [4.78, 5) is 1.06. The number of thiophene rings is 1. The molecule has 0 saturated heterocycles. The lowest BCUT2D eigenvalue weighted by Gasteiger charge is -2.19. The molecule has 0 fully saturated rings. The maximum absolute atomic E-state index is 12.9. The van der Waals surface area contributed by atoms with Gasteiger partial charge in [0.2, 0.25) is 10.0 Å². The van der Waals surface area contributed by atoms with Crippen LogP contribution in [-0.2, 0) is 16.6 Å². The van der Waals surface area contributed by atoms with Crippen molar-refractivity contribution in [2.45, 2.75) is 18.4 Å². The van der Waals surface area contributed by atoms with Crippen molar-refractivity contribution < 1.29 is 12.8 Å². The zero-order chi connectivity index (χ0) is 14.8. The second-order valence-corrected chi connectivity index (χ2v) is 8.58. The van der Waals surface area contributed by atoms with E-state index in [1.165, 1.54) is 27.8 Å². The molecule has 0 aliphatic rings. The molecule has 108 valence electrons. The summed E-state index contributed by atoms with van der Waals surface area (Å²) >= 11 is 4.85. The van der Waals surface area contributed by atoms with Crippen molar-refractivity contribution in [3.63, 3.8) is 0 Å². The van der Waals surface area contributed by atoms with Crippen molar-refractivity contribution in [3.05, 3.63) is 50.9 Å². The van der Waals surface area contributed by atoms with Gasteiger partial charge in [0, 0.05) is 18.0 Å². The van der Waals surface area contributed by atoms with Crippen LogP contribution in [-0.4, -0.2) is 19.3 Å². The minimum absolute atomic E-state index is 0.108. The Kier molecular flexibility index (Phi) is 4.95. The maximum atomic E-state index is 12.9. The summed E-state index contributed by atoms with van der Waals surface area (Å²) in [5.41, 5.74) is 0. The lowest BCUT2D eigenvalue weighted by molar-refractivity contribution is 0.426. The van der Waals surface area contributed by atoms with Crippen LogP contribution in [0.4, 0.5) is 4.39 Å². The van der Waals surface area contributed by atoms with Crippen LogP contribution in [0.1, 0.15) is 11.8 Å². The summed E-state index contributed by atoms with van der Waals surface area (Å²) in [5, 5.41) is 0. The van der Waals surface area contributed by atoms with E-state index < -0.39 is 15.8 Å². The van der Waals surface area contributed by atoms with E-state index in [0.717, 1.165) is 20.8 Å².